The Morgan fingerprint density at radius 1 is 1.09 bits per heavy atom. The molecule has 4 heteroatoms. The number of benzene rings is 2. The molecule has 0 radical (unpaired) electrons. The van der Waals surface area contributed by atoms with Gasteiger partial charge in [0.1, 0.15) is 12.4 Å². The topological polar surface area (TPSA) is 64.3 Å². The molecule has 1 unspecified atom stereocenters. The van der Waals surface area contributed by atoms with Gasteiger partial charge in [-0.25, -0.2) is 0 Å². The molecule has 1 atom stereocenters. The first-order valence-electron chi connectivity index (χ1n) is 7.84. The molecule has 0 saturated heterocycles. The fourth-order valence-corrected chi connectivity index (χ4v) is 2.46. The third kappa shape index (κ3) is 5.11. The summed E-state index contributed by atoms with van der Waals surface area (Å²) in [5.74, 6) is 0.828. The smallest absolute Gasteiger partial charge is 0.222 e. The van der Waals surface area contributed by atoms with Gasteiger partial charge in [0.15, 0.2) is 0 Å². The largest absolute Gasteiger partial charge is 0.491 e. The molecule has 122 valence electrons. The highest BCUT2D eigenvalue weighted by molar-refractivity contribution is 5.76. The highest BCUT2D eigenvalue weighted by atomic mass is 16.5. The first kappa shape index (κ1) is 17.0. The van der Waals surface area contributed by atoms with Crippen LogP contribution >= 0.6 is 0 Å². The predicted molar refractivity (Wildman–Crippen MR) is 92.4 cm³/mol. The van der Waals surface area contributed by atoms with Gasteiger partial charge < -0.3 is 15.8 Å². The Labute approximate surface area is 137 Å². The van der Waals surface area contributed by atoms with Crippen LogP contribution in [0.3, 0.4) is 0 Å². The maximum absolute atomic E-state index is 11.9. The van der Waals surface area contributed by atoms with E-state index in [1.807, 2.05) is 62.4 Å². The molecule has 23 heavy (non-hydrogen) atoms. The standard InChI is InChI=1S/C19H24N2O2/c1-14-7-6-8-15(2)19(14)23-12-11-21-18(22)13-17(20)16-9-4-3-5-10-16/h3-10,17H,11-13,20H2,1-2H3,(H,21,22). The first-order valence-corrected chi connectivity index (χ1v) is 7.84. The average molecular weight is 312 g/mol. The minimum Gasteiger partial charge on any atom is -0.491 e. The number of rotatable bonds is 7. The van der Waals surface area contributed by atoms with Crippen LogP contribution < -0.4 is 15.8 Å². The number of hydrogen-bond donors (Lipinski definition) is 2. The zero-order chi connectivity index (χ0) is 16.7. The molecule has 0 aliphatic carbocycles. The van der Waals surface area contributed by atoms with E-state index in [1.54, 1.807) is 0 Å². The zero-order valence-corrected chi connectivity index (χ0v) is 13.7. The molecule has 0 aliphatic heterocycles. The quantitative estimate of drug-likeness (QED) is 0.773. The molecule has 0 fully saturated rings. The summed E-state index contributed by atoms with van der Waals surface area (Å²) in [6.45, 7) is 4.94. The molecule has 0 aromatic heterocycles. The summed E-state index contributed by atoms with van der Waals surface area (Å²) in [5.41, 5.74) is 9.20. The van der Waals surface area contributed by atoms with Gasteiger partial charge in [-0.05, 0) is 30.5 Å². The second kappa shape index (κ2) is 8.34. The summed E-state index contributed by atoms with van der Waals surface area (Å²) in [5, 5.41) is 2.85. The third-order valence-electron chi connectivity index (χ3n) is 3.71. The highest BCUT2D eigenvalue weighted by Crippen LogP contribution is 2.21. The average Bonchev–Trinajstić information content (AvgIpc) is 2.54. The maximum atomic E-state index is 11.9. The fourth-order valence-electron chi connectivity index (χ4n) is 2.46. The molecule has 0 bridgehead atoms. The monoisotopic (exact) mass is 312 g/mol. The van der Waals surface area contributed by atoms with Gasteiger partial charge in [0, 0.05) is 12.5 Å². The normalized spacial score (nSPS) is 11.8. The van der Waals surface area contributed by atoms with Crippen molar-refractivity contribution in [1.29, 1.82) is 0 Å². The van der Waals surface area contributed by atoms with Crippen LogP contribution in [0.1, 0.15) is 29.2 Å². The number of nitrogens with two attached hydrogens (primary N) is 1. The Bertz CT molecular complexity index is 621. The fraction of sp³-hybridized carbons (Fsp3) is 0.316. The Hall–Kier alpha value is -2.33. The predicted octanol–water partition coefficient (Wildman–Crippen LogP) is 2.89. The lowest BCUT2D eigenvalue weighted by atomic mass is 10.0. The molecule has 3 N–H and O–H groups in total. The SMILES string of the molecule is Cc1cccc(C)c1OCCNC(=O)CC(N)c1ccccc1. The van der Waals surface area contributed by atoms with Gasteiger partial charge >= 0.3 is 0 Å². The van der Waals surface area contributed by atoms with E-state index in [4.69, 9.17) is 10.5 Å². The molecule has 2 aromatic rings. The van der Waals surface area contributed by atoms with Crippen LogP contribution in [0.15, 0.2) is 48.5 Å². The number of aryl methyl sites for hydroxylation is 2. The van der Waals surface area contributed by atoms with Crippen LogP contribution in [0.5, 0.6) is 5.75 Å². The van der Waals surface area contributed by atoms with Gasteiger partial charge in [-0.15, -0.1) is 0 Å². The van der Waals surface area contributed by atoms with Gasteiger partial charge in [-0.3, -0.25) is 4.79 Å². The van der Waals surface area contributed by atoms with Crippen molar-refractivity contribution in [2.24, 2.45) is 5.73 Å². The van der Waals surface area contributed by atoms with Gasteiger partial charge in [0.2, 0.25) is 5.91 Å². The number of nitrogens with one attached hydrogen (secondary N) is 1. The molecule has 0 heterocycles. The van der Waals surface area contributed by atoms with Crippen LogP contribution in [0.2, 0.25) is 0 Å². The van der Waals surface area contributed by atoms with E-state index in [0.29, 0.717) is 13.2 Å². The van der Waals surface area contributed by atoms with Crippen molar-refractivity contribution in [3.05, 3.63) is 65.2 Å². The summed E-state index contributed by atoms with van der Waals surface area (Å²) in [7, 11) is 0. The van der Waals surface area contributed by atoms with E-state index in [0.717, 1.165) is 22.4 Å². The van der Waals surface area contributed by atoms with Crippen molar-refractivity contribution < 1.29 is 9.53 Å². The van der Waals surface area contributed by atoms with Crippen LogP contribution in [0, 0.1) is 13.8 Å². The summed E-state index contributed by atoms with van der Waals surface area (Å²) in [4.78, 5) is 11.9. The minimum atomic E-state index is -0.282. The van der Waals surface area contributed by atoms with Crippen molar-refractivity contribution in [2.45, 2.75) is 26.3 Å². The van der Waals surface area contributed by atoms with E-state index in [-0.39, 0.29) is 18.4 Å². The summed E-state index contributed by atoms with van der Waals surface area (Å²) < 4.78 is 5.76. The first-order chi connectivity index (χ1) is 11.1. The lowest BCUT2D eigenvalue weighted by Gasteiger charge is -2.14. The Kier molecular flexibility index (Phi) is 6.18. The number of hydrogen-bond acceptors (Lipinski definition) is 3. The minimum absolute atomic E-state index is 0.0635. The molecular formula is C19H24N2O2. The van der Waals surface area contributed by atoms with Crippen LogP contribution in [-0.4, -0.2) is 19.1 Å². The molecule has 0 spiro atoms. The van der Waals surface area contributed by atoms with Crippen molar-refractivity contribution >= 4 is 5.91 Å². The zero-order valence-electron chi connectivity index (χ0n) is 13.7. The number of amides is 1. The van der Waals surface area contributed by atoms with Gasteiger partial charge in [-0.1, -0.05) is 48.5 Å². The number of carbonyl (C=O) groups is 1. The molecule has 0 aliphatic rings. The molecule has 4 nitrogen and oxygen atoms in total. The van der Waals surface area contributed by atoms with E-state index < -0.39 is 0 Å². The van der Waals surface area contributed by atoms with Crippen LogP contribution in [0.4, 0.5) is 0 Å². The molecule has 2 rings (SSSR count). The van der Waals surface area contributed by atoms with Gasteiger partial charge in [0.25, 0.3) is 0 Å². The van der Waals surface area contributed by atoms with Crippen molar-refractivity contribution in [1.82, 2.24) is 5.32 Å². The van der Waals surface area contributed by atoms with E-state index in [2.05, 4.69) is 5.32 Å². The second-order valence-corrected chi connectivity index (χ2v) is 5.64. The summed E-state index contributed by atoms with van der Waals surface area (Å²) >= 11 is 0. The Morgan fingerprint density at radius 3 is 2.39 bits per heavy atom. The second-order valence-electron chi connectivity index (χ2n) is 5.64. The lowest BCUT2D eigenvalue weighted by Crippen LogP contribution is -2.30. The van der Waals surface area contributed by atoms with Crippen molar-refractivity contribution in [3.63, 3.8) is 0 Å². The van der Waals surface area contributed by atoms with E-state index >= 15 is 0 Å². The Balaban J connectivity index is 1.73. The number of carbonyl (C=O) groups excluding carboxylic acids is 1. The van der Waals surface area contributed by atoms with E-state index in [9.17, 15) is 4.79 Å². The number of ether oxygens (including phenoxy) is 1. The maximum Gasteiger partial charge on any atom is 0.222 e. The van der Waals surface area contributed by atoms with Crippen molar-refractivity contribution in [3.8, 4) is 5.75 Å². The lowest BCUT2D eigenvalue weighted by molar-refractivity contribution is -0.121. The van der Waals surface area contributed by atoms with E-state index in [1.165, 1.54) is 0 Å². The number of para-hydroxylation sites is 1. The summed E-state index contributed by atoms with van der Waals surface area (Å²) in [6, 6.07) is 15.4. The van der Waals surface area contributed by atoms with Crippen LogP contribution in [-0.2, 0) is 4.79 Å². The van der Waals surface area contributed by atoms with Gasteiger partial charge in [0.05, 0.1) is 6.54 Å². The van der Waals surface area contributed by atoms with Crippen LogP contribution in [0.25, 0.3) is 0 Å². The molecule has 0 saturated carbocycles. The highest BCUT2D eigenvalue weighted by Gasteiger charge is 2.11. The van der Waals surface area contributed by atoms with Crippen molar-refractivity contribution in [2.75, 3.05) is 13.2 Å². The molecular weight excluding hydrogens is 288 g/mol. The Morgan fingerprint density at radius 2 is 1.74 bits per heavy atom. The molecule has 2 aromatic carbocycles. The summed E-state index contributed by atoms with van der Waals surface area (Å²) in [6.07, 6.45) is 0.271. The third-order valence-corrected chi connectivity index (χ3v) is 3.71. The van der Waals surface area contributed by atoms with Gasteiger partial charge in [-0.2, -0.15) is 0 Å². The molecule has 1 amide bonds.